The molecule has 3 atom stereocenters. The van der Waals surface area contributed by atoms with Gasteiger partial charge in [-0.3, -0.25) is 0 Å². The van der Waals surface area contributed by atoms with E-state index in [4.69, 9.17) is 9.47 Å². The molecule has 84 valence electrons. The number of esters is 1. The van der Waals surface area contributed by atoms with Crippen LogP contribution in [0.15, 0.2) is 11.6 Å². The maximum atomic E-state index is 11.8. The van der Waals surface area contributed by atoms with E-state index in [1.807, 2.05) is 26.8 Å². The first-order valence-electron chi connectivity index (χ1n) is 5.10. The fraction of sp³-hybridized carbons (Fsp3) is 0.727. The Morgan fingerprint density at radius 2 is 2.27 bits per heavy atom. The summed E-state index contributed by atoms with van der Waals surface area (Å²) in [5.74, 6) is -0.221. The van der Waals surface area contributed by atoms with E-state index in [0.717, 1.165) is 5.57 Å². The van der Waals surface area contributed by atoms with Crippen LogP contribution in [0.3, 0.4) is 0 Å². The van der Waals surface area contributed by atoms with Crippen LogP contribution in [-0.4, -0.2) is 28.6 Å². The minimum absolute atomic E-state index is 0.152. The zero-order valence-corrected chi connectivity index (χ0v) is 10.7. The molecule has 0 aromatic rings. The van der Waals surface area contributed by atoms with E-state index in [9.17, 15) is 4.79 Å². The first-order valence-corrected chi connectivity index (χ1v) is 6.02. The van der Waals surface area contributed by atoms with Gasteiger partial charge >= 0.3 is 5.97 Å². The van der Waals surface area contributed by atoms with E-state index >= 15 is 0 Å². The number of carbonyl (C=O) groups excluding carboxylic acids is 1. The maximum Gasteiger partial charge on any atom is 0.334 e. The Bertz CT molecular complexity index is 316. The van der Waals surface area contributed by atoms with Crippen LogP contribution in [0.2, 0.25) is 0 Å². The van der Waals surface area contributed by atoms with Gasteiger partial charge in [-0.15, -0.1) is 0 Å². The minimum Gasteiger partial charge on any atom is -0.457 e. The quantitative estimate of drug-likeness (QED) is 0.418. The SMILES string of the molecule is CC(C)(C)OC(=O)C1=CC(Br)C2OC2C1. The molecule has 4 heteroatoms. The molecule has 3 unspecified atom stereocenters. The Labute approximate surface area is 97.9 Å². The van der Waals surface area contributed by atoms with Crippen molar-refractivity contribution in [2.75, 3.05) is 0 Å². The second-order valence-electron chi connectivity index (χ2n) is 4.98. The smallest absolute Gasteiger partial charge is 0.334 e. The molecular formula is C11H15BrO3. The third-order valence-electron chi connectivity index (χ3n) is 2.38. The molecular weight excluding hydrogens is 260 g/mol. The van der Waals surface area contributed by atoms with Crippen LogP contribution in [0.25, 0.3) is 0 Å². The summed E-state index contributed by atoms with van der Waals surface area (Å²) in [4.78, 5) is 11.9. The lowest BCUT2D eigenvalue weighted by Gasteiger charge is -2.21. The first-order chi connectivity index (χ1) is 6.87. The topological polar surface area (TPSA) is 38.8 Å². The lowest BCUT2D eigenvalue weighted by atomic mass is 9.99. The number of alkyl halides is 1. The highest BCUT2D eigenvalue weighted by Gasteiger charge is 2.47. The summed E-state index contributed by atoms with van der Waals surface area (Å²) >= 11 is 3.47. The largest absolute Gasteiger partial charge is 0.457 e. The van der Waals surface area contributed by atoms with E-state index in [0.29, 0.717) is 6.42 Å². The van der Waals surface area contributed by atoms with Gasteiger partial charge in [0.1, 0.15) is 11.7 Å². The second-order valence-corrected chi connectivity index (χ2v) is 6.04. The van der Waals surface area contributed by atoms with Gasteiger partial charge in [-0.25, -0.2) is 4.79 Å². The molecule has 0 spiro atoms. The third kappa shape index (κ3) is 2.61. The van der Waals surface area contributed by atoms with E-state index in [1.54, 1.807) is 0 Å². The molecule has 3 nitrogen and oxygen atoms in total. The van der Waals surface area contributed by atoms with Crippen molar-refractivity contribution in [3.8, 4) is 0 Å². The molecule has 1 aliphatic carbocycles. The first kappa shape index (κ1) is 11.1. The molecule has 0 saturated carbocycles. The standard InChI is InChI=1S/C11H15BrO3/c1-11(2,3)15-10(13)6-4-7(12)9-8(5-6)14-9/h4,7-9H,5H2,1-3H3. The summed E-state index contributed by atoms with van der Waals surface area (Å²) in [5, 5.41) is 0. The van der Waals surface area contributed by atoms with E-state index in [1.165, 1.54) is 0 Å². The molecule has 0 bridgehead atoms. The number of hydrogen-bond donors (Lipinski definition) is 0. The minimum atomic E-state index is -0.430. The molecule has 15 heavy (non-hydrogen) atoms. The Morgan fingerprint density at radius 1 is 1.60 bits per heavy atom. The Kier molecular flexibility index (Phi) is 2.67. The van der Waals surface area contributed by atoms with Gasteiger partial charge in [0.2, 0.25) is 0 Å². The fourth-order valence-electron chi connectivity index (χ4n) is 1.67. The fourth-order valence-corrected chi connectivity index (χ4v) is 2.45. The van der Waals surface area contributed by atoms with Crippen LogP contribution in [0.1, 0.15) is 27.2 Å². The number of rotatable bonds is 1. The van der Waals surface area contributed by atoms with Gasteiger partial charge in [0.05, 0.1) is 10.9 Å². The Hall–Kier alpha value is -0.350. The summed E-state index contributed by atoms with van der Waals surface area (Å²) in [6, 6.07) is 0. The maximum absolute atomic E-state index is 11.8. The summed E-state index contributed by atoms with van der Waals surface area (Å²) in [5.41, 5.74) is 0.298. The lowest BCUT2D eigenvalue weighted by molar-refractivity contribution is -0.150. The molecule has 0 aromatic carbocycles. The number of fused-ring (bicyclic) bond motifs is 1. The molecule has 2 aliphatic rings. The predicted molar refractivity (Wildman–Crippen MR) is 59.9 cm³/mol. The Balaban J connectivity index is 2.02. The lowest BCUT2D eigenvalue weighted by Crippen LogP contribution is -2.27. The predicted octanol–water partition coefficient (Wildman–Crippen LogP) is 2.19. The normalized spacial score (nSPS) is 34.1. The van der Waals surface area contributed by atoms with Crippen molar-refractivity contribution in [1.29, 1.82) is 0 Å². The van der Waals surface area contributed by atoms with Gasteiger partial charge in [-0.2, -0.15) is 0 Å². The summed E-state index contributed by atoms with van der Waals surface area (Å²) < 4.78 is 10.7. The number of halogens is 1. The molecule has 1 saturated heterocycles. The molecule has 2 rings (SSSR count). The molecule has 0 N–H and O–H groups in total. The van der Waals surface area contributed by atoms with E-state index in [2.05, 4.69) is 15.9 Å². The van der Waals surface area contributed by atoms with Gasteiger partial charge in [-0.1, -0.05) is 22.0 Å². The summed E-state index contributed by atoms with van der Waals surface area (Å²) in [7, 11) is 0. The third-order valence-corrected chi connectivity index (χ3v) is 3.16. The summed E-state index contributed by atoms with van der Waals surface area (Å²) in [6.07, 6.45) is 3.06. The summed E-state index contributed by atoms with van der Waals surface area (Å²) in [6.45, 7) is 5.61. The highest BCUT2D eigenvalue weighted by atomic mass is 79.9. The van der Waals surface area contributed by atoms with Gasteiger partial charge < -0.3 is 9.47 Å². The van der Waals surface area contributed by atoms with Crippen LogP contribution in [0.5, 0.6) is 0 Å². The monoisotopic (exact) mass is 274 g/mol. The average molecular weight is 275 g/mol. The number of carbonyl (C=O) groups is 1. The van der Waals surface area contributed by atoms with E-state index in [-0.39, 0.29) is 23.0 Å². The molecule has 1 fully saturated rings. The van der Waals surface area contributed by atoms with Crippen LogP contribution in [0.4, 0.5) is 0 Å². The van der Waals surface area contributed by atoms with Crippen LogP contribution in [0, 0.1) is 0 Å². The van der Waals surface area contributed by atoms with Crippen LogP contribution in [-0.2, 0) is 14.3 Å². The number of epoxide rings is 1. The number of ether oxygens (including phenoxy) is 2. The highest BCUT2D eigenvalue weighted by molar-refractivity contribution is 9.09. The zero-order valence-electron chi connectivity index (χ0n) is 9.12. The van der Waals surface area contributed by atoms with Crippen molar-refractivity contribution in [2.45, 2.75) is 49.8 Å². The molecule has 0 amide bonds. The molecule has 0 aromatic heterocycles. The van der Waals surface area contributed by atoms with Gasteiger partial charge in [0.15, 0.2) is 0 Å². The van der Waals surface area contributed by atoms with E-state index < -0.39 is 5.60 Å². The van der Waals surface area contributed by atoms with Crippen molar-refractivity contribution in [3.05, 3.63) is 11.6 Å². The molecule has 1 aliphatic heterocycles. The van der Waals surface area contributed by atoms with Crippen molar-refractivity contribution in [3.63, 3.8) is 0 Å². The van der Waals surface area contributed by atoms with Crippen molar-refractivity contribution >= 4 is 21.9 Å². The highest BCUT2D eigenvalue weighted by Crippen LogP contribution is 2.40. The van der Waals surface area contributed by atoms with Crippen molar-refractivity contribution in [1.82, 2.24) is 0 Å². The molecule has 1 heterocycles. The van der Waals surface area contributed by atoms with Gasteiger partial charge in [0, 0.05) is 12.0 Å². The second kappa shape index (κ2) is 3.59. The Morgan fingerprint density at radius 3 is 2.80 bits per heavy atom. The van der Waals surface area contributed by atoms with Crippen molar-refractivity contribution in [2.24, 2.45) is 0 Å². The van der Waals surface area contributed by atoms with Gasteiger partial charge in [-0.05, 0) is 20.8 Å². The number of hydrogen-bond acceptors (Lipinski definition) is 3. The zero-order chi connectivity index (χ0) is 11.2. The van der Waals surface area contributed by atoms with Crippen molar-refractivity contribution < 1.29 is 14.3 Å². The van der Waals surface area contributed by atoms with Crippen LogP contribution < -0.4 is 0 Å². The average Bonchev–Trinajstić information content (AvgIpc) is 2.79. The van der Waals surface area contributed by atoms with Gasteiger partial charge in [0.25, 0.3) is 0 Å². The van der Waals surface area contributed by atoms with Crippen LogP contribution >= 0.6 is 15.9 Å². The molecule has 0 radical (unpaired) electrons.